The highest BCUT2D eigenvalue weighted by molar-refractivity contribution is 6.31. The number of nitrogens with zero attached hydrogens (tertiary/aromatic N) is 1. The summed E-state index contributed by atoms with van der Waals surface area (Å²) in [5, 5.41) is 24.4. The quantitative estimate of drug-likeness (QED) is 0.416. The number of nitrogens with one attached hydrogen (secondary N) is 1. The molecule has 2 aromatic rings. The van der Waals surface area contributed by atoms with Gasteiger partial charge >= 0.3 is 5.97 Å². The molecule has 4 rings (SSSR count). The smallest absolute Gasteiger partial charge is 0.335 e. The standard InChI is InChI=1S/C29H37ClN2O4/c1-28(2,3)22-14-19(15-22)24-11-8-20(16-25(24)30)29(4)21(12-13-36-5)17-32(27(35)31-29)23-9-6-18(7-10-23)26(33)34/h6-11,16-17,19,22,27,31,35H,12-15H2,1-5H3,(H,33,34)/t19?,22?,27?,29-/m0/s1. The highest BCUT2D eigenvalue weighted by Crippen LogP contribution is 2.51. The molecule has 0 saturated heterocycles. The van der Waals surface area contributed by atoms with Crippen molar-refractivity contribution >= 4 is 23.3 Å². The third-order valence-electron chi connectivity index (χ3n) is 7.99. The van der Waals surface area contributed by atoms with E-state index in [-0.39, 0.29) is 5.56 Å². The third-order valence-corrected chi connectivity index (χ3v) is 8.31. The van der Waals surface area contributed by atoms with Gasteiger partial charge in [-0.2, -0.15) is 0 Å². The minimum atomic E-state index is -1.02. The molecule has 1 aliphatic carbocycles. The SMILES string of the molecule is COCCC1=CN(c2ccc(C(=O)O)cc2)C(O)N[C@@]1(C)c1ccc(C2CC(C(C)(C)C)C2)c(Cl)c1. The Bertz CT molecular complexity index is 1130. The zero-order chi connectivity index (χ0) is 26.3. The van der Waals surface area contributed by atoms with E-state index in [1.807, 2.05) is 19.2 Å². The van der Waals surface area contributed by atoms with Crippen molar-refractivity contribution < 1.29 is 19.7 Å². The molecule has 1 unspecified atom stereocenters. The van der Waals surface area contributed by atoms with E-state index in [1.54, 1.807) is 24.1 Å². The van der Waals surface area contributed by atoms with Gasteiger partial charge in [0.1, 0.15) is 0 Å². The van der Waals surface area contributed by atoms with Crippen LogP contribution in [0.25, 0.3) is 0 Å². The van der Waals surface area contributed by atoms with Crippen molar-refractivity contribution in [2.75, 3.05) is 18.6 Å². The van der Waals surface area contributed by atoms with Crippen molar-refractivity contribution in [1.29, 1.82) is 0 Å². The van der Waals surface area contributed by atoms with Gasteiger partial charge in [0.2, 0.25) is 0 Å². The number of carboxylic acid groups (broad SMARTS) is 1. The van der Waals surface area contributed by atoms with Gasteiger partial charge in [-0.15, -0.1) is 0 Å². The summed E-state index contributed by atoms with van der Waals surface area (Å²) in [5.41, 5.74) is 3.74. The Kier molecular flexibility index (Phi) is 7.54. The van der Waals surface area contributed by atoms with Gasteiger partial charge in [0.05, 0.1) is 17.7 Å². The van der Waals surface area contributed by atoms with Crippen molar-refractivity contribution in [3.05, 3.63) is 76.0 Å². The van der Waals surface area contributed by atoms with Gasteiger partial charge in [-0.05, 0) is 90.5 Å². The summed E-state index contributed by atoms with van der Waals surface area (Å²) in [7, 11) is 1.67. The summed E-state index contributed by atoms with van der Waals surface area (Å²) in [6.45, 7) is 9.48. The van der Waals surface area contributed by atoms with Gasteiger partial charge in [0.25, 0.3) is 0 Å². The van der Waals surface area contributed by atoms with Gasteiger partial charge in [0.15, 0.2) is 6.35 Å². The molecule has 0 amide bonds. The molecule has 1 aliphatic heterocycles. The number of hydrogen-bond donors (Lipinski definition) is 3. The number of rotatable bonds is 7. The van der Waals surface area contributed by atoms with Gasteiger partial charge < -0.3 is 19.8 Å². The number of hydrogen-bond acceptors (Lipinski definition) is 5. The van der Waals surface area contributed by atoms with E-state index in [1.165, 1.54) is 17.7 Å². The molecule has 0 bridgehead atoms. The Morgan fingerprint density at radius 2 is 1.86 bits per heavy atom. The number of ether oxygens (including phenoxy) is 1. The molecule has 1 fully saturated rings. The van der Waals surface area contributed by atoms with Gasteiger partial charge in [0, 0.05) is 24.0 Å². The predicted molar refractivity (Wildman–Crippen MR) is 143 cm³/mol. The van der Waals surface area contributed by atoms with Crippen LogP contribution in [-0.4, -0.2) is 36.3 Å². The molecule has 0 aromatic heterocycles. The number of carboxylic acids is 1. The van der Waals surface area contributed by atoms with Crippen LogP contribution in [0.15, 0.2) is 54.2 Å². The topological polar surface area (TPSA) is 82.0 Å². The monoisotopic (exact) mass is 512 g/mol. The Morgan fingerprint density at radius 3 is 2.42 bits per heavy atom. The molecular formula is C29H37ClN2O4. The van der Waals surface area contributed by atoms with E-state index in [0.717, 1.165) is 29.0 Å². The number of anilines is 1. The zero-order valence-electron chi connectivity index (χ0n) is 21.7. The van der Waals surface area contributed by atoms with Crippen LogP contribution in [0, 0.1) is 11.3 Å². The van der Waals surface area contributed by atoms with Crippen molar-refractivity contribution in [2.24, 2.45) is 11.3 Å². The van der Waals surface area contributed by atoms with Crippen LogP contribution in [0.3, 0.4) is 0 Å². The van der Waals surface area contributed by atoms with Crippen LogP contribution >= 0.6 is 11.6 Å². The van der Waals surface area contributed by atoms with Crippen molar-refractivity contribution in [3.8, 4) is 0 Å². The molecule has 3 N–H and O–H groups in total. The molecular weight excluding hydrogens is 476 g/mol. The Balaban J connectivity index is 1.63. The summed E-state index contributed by atoms with van der Waals surface area (Å²) >= 11 is 6.84. The second-order valence-electron chi connectivity index (χ2n) is 11.3. The molecule has 2 atom stereocenters. The van der Waals surface area contributed by atoms with Crippen LogP contribution < -0.4 is 10.2 Å². The van der Waals surface area contributed by atoms with Crippen LogP contribution in [-0.2, 0) is 10.3 Å². The second-order valence-corrected chi connectivity index (χ2v) is 11.7. The summed E-state index contributed by atoms with van der Waals surface area (Å²) < 4.78 is 5.38. The second kappa shape index (κ2) is 10.2. The Morgan fingerprint density at radius 1 is 1.19 bits per heavy atom. The lowest BCUT2D eigenvalue weighted by Gasteiger charge is -2.46. The largest absolute Gasteiger partial charge is 0.478 e. The van der Waals surface area contributed by atoms with Gasteiger partial charge in [-0.1, -0.05) is 44.5 Å². The summed E-state index contributed by atoms with van der Waals surface area (Å²) in [5.74, 6) is 0.213. The molecule has 0 spiro atoms. The fourth-order valence-electron chi connectivity index (χ4n) is 5.32. The number of benzene rings is 2. The number of carbonyl (C=O) groups is 1. The lowest BCUT2D eigenvalue weighted by atomic mass is 9.61. The van der Waals surface area contributed by atoms with Crippen molar-refractivity contribution in [1.82, 2.24) is 5.32 Å². The maximum atomic E-state index is 11.2. The number of aliphatic hydroxyl groups excluding tert-OH is 1. The number of aliphatic hydroxyl groups is 1. The molecule has 2 aliphatic rings. The maximum Gasteiger partial charge on any atom is 0.335 e. The minimum absolute atomic E-state index is 0.196. The average Bonchev–Trinajstić information content (AvgIpc) is 2.77. The van der Waals surface area contributed by atoms with E-state index < -0.39 is 17.9 Å². The third kappa shape index (κ3) is 5.18. The average molecular weight is 513 g/mol. The zero-order valence-corrected chi connectivity index (χ0v) is 22.5. The first-order valence-corrected chi connectivity index (χ1v) is 12.9. The first-order chi connectivity index (χ1) is 16.9. The van der Waals surface area contributed by atoms with Crippen molar-refractivity contribution in [2.45, 2.75) is 64.8 Å². The maximum absolute atomic E-state index is 11.2. The number of aromatic carboxylic acids is 1. The highest BCUT2D eigenvalue weighted by atomic mass is 35.5. The Labute approximate surface area is 218 Å². The summed E-state index contributed by atoms with van der Waals surface area (Å²) in [4.78, 5) is 12.9. The fourth-order valence-corrected chi connectivity index (χ4v) is 5.66. The van der Waals surface area contributed by atoms with Crippen LogP contribution in [0.4, 0.5) is 5.69 Å². The van der Waals surface area contributed by atoms with Crippen molar-refractivity contribution in [3.63, 3.8) is 0 Å². The molecule has 7 heteroatoms. The predicted octanol–water partition coefficient (Wildman–Crippen LogP) is 6.10. The van der Waals surface area contributed by atoms with Crippen LogP contribution in [0.5, 0.6) is 0 Å². The van der Waals surface area contributed by atoms with E-state index in [4.69, 9.17) is 16.3 Å². The normalized spacial score (nSPS) is 26.4. The van der Waals surface area contributed by atoms with Gasteiger partial charge in [-0.3, -0.25) is 5.32 Å². The highest BCUT2D eigenvalue weighted by Gasteiger charge is 2.41. The molecule has 36 heavy (non-hydrogen) atoms. The molecule has 2 aromatic carbocycles. The van der Waals surface area contributed by atoms with E-state index in [2.05, 4.69) is 38.2 Å². The van der Waals surface area contributed by atoms with E-state index in [9.17, 15) is 15.0 Å². The lowest BCUT2D eigenvalue weighted by molar-refractivity contribution is 0.0697. The minimum Gasteiger partial charge on any atom is -0.478 e. The van der Waals surface area contributed by atoms with Gasteiger partial charge in [-0.25, -0.2) is 4.79 Å². The number of halogens is 1. The molecule has 1 saturated carbocycles. The first-order valence-electron chi connectivity index (χ1n) is 12.5. The molecule has 0 radical (unpaired) electrons. The molecule has 6 nitrogen and oxygen atoms in total. The molecule has 194 valence electrons. The Hall–Kier alpha value is -2.38. The van der Waals surface area contributed by atoms with E-state index in [0.29, 0.717) is 36.0 Å². The first kappa shape index (κ1) is 26.7. The number of methoxy groups -OCH3 is 1. The summed E-state index contributed by atoms with van der Waals surface area (Å²) in [6.07, 6.45) is 3.87. The van der Waals surface area contributed by atoms with Crippen LogP contribution in [0.2, 0.25) is 5.02 Å². The summed E-state index contributed by atoms with van der Waals surface area (Å²) in [6, 6.07) is 12.7. The van der Waals surface area contributed by atoms with E-state index >= 15 is 0 Å². The molecule has 1 heterocycles. The lowest BCUT2D eigenvalue weighted by Crippen LogP contribution is -2.57. The van der Waals surface area contributed by atoms with Crippen LogP contribution in [0.1, 0.15) is 74.4 Å². The fraction of sp³-hybridized carbons (Fsp3) is 0.483.